The van der Waals surface area contributed by atoms with E-state index in [1.54, 1.807) is 0 Å². The normalized spacial score (nSPS) is 10.1. The van der Waals surface area contributed by atoms with Crippen LogP contribution in [0.25, 0.3) is 10.4 Å². The van der Waals surface area contributed by atoms with Crippen LogP contribution < -0.4 is 0 Å². The van der Waals surface area contributed by atoms with Crippen molar-refractivity contribution in [1.82, 2.24) is 0 Å². The molecule has 0 atom stereocenters. The van der Waals surface area contributed by atoms with Crippen LogP contribution in [0.1, 0.15) is 16.7 Å². The van der Waals surface area contributed by atoms with Crippen molar-refractivity contribution >= 4 is 0 Å². The smallest absolute Gasteiger partial charge is 0.166 e. The maximum atomic E-state index is 12.4. The van der Waals surface area contributed by atoms with E-state index in [0.29, 0.717) is 5.56 Å². The summed E-state index contributed by atoms with van der Waals surface area (Å²) < 4.78 is 37.3. The molecule has 0 aromatic heterocycles. The second kappa shape index (κ2) is 5.28. The van der Waals surface area contributed by atoms with Gasteiger partial charge in [0, 0.05) is 10.5 Å². The third kappa shape index (κ3) is 3.74. The summed E-state index contributed by atoms with van der Waals surface area (Å²) in [5, 5.41) is 3.19. The van der Waals surface area contributed by atoms with Crippen LogP contribution in [0.2, 0.25) is 0 Å². The number of halogens is 3. The summed E-state index contributed by atoms with van der Waals surface area (Å²) in [4.78, 5) is 2.50. The van der Waals surface area contributed by atoms with Crippen molar-refractivity contribution < 1.29 is 13.2 Å². The molecule has 1 aromatic rings. The highest BCUT2D eigenvalue weighted by atomic mass is 19.4. The summed E-state index contributed by atoms with van der Waals surface area (Å²) in [7, 11) is 0. The fourth-order valence-corrected chi connectivity index (χ4v) is 1.27. The Morgan fingerprint density at radius 3 is 2.65 bits per heavy atom. The van der Waals surface area contributed by atoms with Gasteiger partial charge in [0.15, 0.2) is 0 Å². The van der Waals surface area contributed by atoms with E-state index in [9.17, 15) is 13.2 Å². The molecule has 88 valence electrons. The second-order valence-corrected chi connectivity index (χ2v) is 3.22. The van der Waals surface area contributed by atoms with Gasteiger partial charge in [0.25, 0.3) is 0 Å². The molecule has 0 amide bonds. The molecule has 3 nitrogen and oxygen atoms in total. The maximum absolute atomic E-state index is 12.4. The van der Waals surface area contributed by atoms with Gasteiger partial charge in [0.05, 0.1) is 12.1 Å². The summed E-state index contributed by atoms with van der Waals surface area (Å²) in [6.07, 6.45) is -4.35. The van der Waals surface area contributed by atoms with Crippen molar-refractivity contribution in [2.24, 2.45) is 5.11 Å². The molecule has 0 unspecified atom stereocenters. The Hall–Kier alpha value is -2.12. The van der Waals surface area contributed by atoms with Crippen LogP contribution in [0.15, 0.2) is 23.3 Å². The van der Waals surface area contributed by atoms with Crippen LogP contribution in [0, 0.1) is 18.8 Å². The topological polar surface area (TPSA) is 48.8 Å². The summed E-state index contributed by atoms with van der Waals surface area (Å²) in [5.41, 5.74) is 7.91. The average Bonchev–Trinajstić information content (AvgIpc) is 2.23. The Kier molecular flexibility index (Phi) is 4.02. The molecule has 0 aliphatic rings. The number of rotatable bonds is 1. The van der Waals surface area contributed by atoms with Crippen LogP contribution >= 0.6 is 0 Å². The predicted molar refractivity (Wildman–Crippen MR) is 57.1 cm³/mol. The van der Waals surface area contributed by atoms with Crippen LogP contribution in [0.4, 0.5) is 13.2 Å². The number of hydrogen-bond acceptors (Lipinski definition) is 1. The van der Waals surface area contributed by atoms with E-state index in [1.807, 2.05) is 0 Å². The van der Waals surface area contributed by atoms with Crippen molar-refractivity contribution in [1.29, 1.82) is 0 Å². The van der Waals surface area contributed by atoms with Gasteiger partial charge < -0.3 is 0 Å². The lowest BCUT2D eigenvalue weighted by Gasteiger charge is -2.09. The van der Waals surface area contributed by atoms with E-state index < -0.39 is 11.7 Å². The zero-order chi connectivity index (χ0) is 12.9. The number of aryl methyl sites for hydroxylation is 1. The van der Waals surface area contributed by atoms with Crippen molar-refractivity contribution in [2.45, 2.75) is 13.1 Å². The lowest BCUT2D eigenvalue weighted by Crippen LogP contribution is -2.07. The van der Waals surface area contributed by atoms with Crippen LogP contribution in [-0.2, 0) is 6.18 Å². The van der Waals surface area contributed by atoms with Gasteiger partial charge in [-0.15, -0.1) is 0 Å². The first-order valence-electron chi connectivity index (χ1n) is 4.62. The molecule has 0 bridgehead atoms. The Bertz CT molecular complexity index is 517. The fourth-order valence-electron chi connectivity index (χ4n) is 1.27. The average molecular weight is 239 g/mol. The fraction of sp³-hybridized carbons (Fsp3) is 0.273. The third-order valence-electron chi connectivity index (χ3n) is 1.98. The second-order valence-electron chi connectivity index (χ2n) is 3.22. The summed E-state index contributed by atoms with van der Waals surface area (Å²) in [5.74, 6) is 5.15. The molecule has 0 aliphatic heterocycles. The van der Waals surface area contributed by atoms with Crippen molar-refractivity contribution in [3.63, 3.8) is 0 Å². The molecule has 0 radical (unpaired) electrons. The largest absolute Gasteiger partial charge is 0.416 e. The number of azide groups is 1. The van der Waals surface area contributed by atoms with Gasteiger partial charge in [-0.05, 0) is 36.2 Å². The monoisotopic (exact) mass is 239 g/mol. The minimum absolute atomic E-state index is 0.00340. The minimum Gasteiger partial charge on any atom is -0.166 e. The van der Waals surface area contributed by atoms with Crippen LogP contribution in [0.5, 0.6) is 0 Å². The summed E-state index contributed by atoms with van der Waals surface area (Å²) in [6, 6.07) is 3.64. The van der Waals surface area contributed by atoms with E-state index in [1.165, 1.54) is 19.1 Å². The Balaban J connectivity index is 2.96. The highest BCUT2D eigenvalue weighted by Gasteiger charge is 2.31. The Labute approximate surface area is 95.9 Å². The summed E-state index contributed by atoms with van der Waals surface area (Å²) >= 11 is 0. The third-order valence-corrected chi connectivity index (χ3v) is 1.98. The van der Waals surface area contributed by atoms with E-state index in [-0.39, 0.29) is 12.1 Å². The van der Waals surface area contributed by atoms with Gasteiger partial charge >= 0.3 is 6.18 Å². The highest BCUT2D eigenvalue weighted by Crippen LogP contribution is 2.31. The number of nitrogens with zero attached hydrogens (tertiary/aromatic N) is 3. The molecule has 17 heavy (non-hydrogen) atoms. The molecular formula is C11H8F3N3. The van der Waals surface area contributed by atoms with E-state index >= 15 is 0 Å². The van der Waals surface area contributed by atoms with Crippen LogP contribution in [-0.4, -0.2) is 6.54 Å². The first kappa shape index (κ1) is 12.9. The highest BCUT2D eigenvalue weighted by molar-refractivity contribution is 5.41. The molecule has 0 N–H and O–H groups in total. The lowest BCUT2D eigenvalue weighted by molar-refractivity contribution is -0.138. The molecule has 0 fully saturated rings. The van der Waals surface area contributed by atoms with Gasteiger partial charge in [-0.25, -0.2) is 0 Å². The Morgan fingerprint density at radius 2 is 2.12 bits per heavy atom. The molecule has 0 saturated heterocycles. The van der Waals surface area contributed by atoms with Crippen molar-refractivity contribution in [2.75, 3.05) is 6.54 Å². The van der Waals surface area contributed by atoms with E-state index in [4.69, 9.17) is 5.53 Å². The van der Waals surface area contributed by atoms with Crippen molar-refractivity contribution in [3.05, 3.63) is 45.3 Å². The van der Waals surface area contributed by atoms with Gasteiger partial charge in [0.1, 0.15) is 0 Å². The molecular weight excluding hydrogens is 231 g/mol. The number of benzene rings is 1. The molecule has 0 saturated carbocycles. The van der Waals surface area contributed by atoms with E-state index in [2.05, 4.69) is 21.9 Å². The molecule has 0 heterocycles. The zero-order valence-corrected chi connectivity index (χ0v) is 8.91. The zero-order valence-electron chi connectivity index (χ0n) is 8.91. The molecule has 0 aliphatic carbocycles. The SMILES string of the molecule is Cc1cc(C#CCN=[N+]=[N-])ccc1C(F)(F)F. The lowest BCUT2D eigenvalue weighted by atomic mass is 10.1. The quantitative estimate of drug-likeness (QED) is 0.310. The van der Waals surface area contributed by atoms with Gasteiger partial charge in [-0.3, -0.25) is 0 Å². The first-order valence-corrected chi connectivity index (χ1v) is 4.62. The van der Waals surface area contributed by atoms with Crippen LogP contribution in [0.3, 0.4) is 0 Å². The molecule has 6 heteroatoms. The Morgan fingerprint density at radius 1 is 1.41 bits per heavy atom. The minimum atomic E-state index is -4.35. The van der Waals surface area contributed by atoms with E-state index in [0.717, 1.165) is 6.07 Å². The summed E-state index contributed by atoms with van der Waals surface area (Å²) in [6.45, 7) is 1.37. The first-order chi connectivity index (χ1) is 7.95. The molecule has 1 aromatic carbocycles. The number of hydrogen-bond donors (Lipinski definition) is 0. The molecule has 0 spiro atoms. The number of alkyl halides is 3. The van der Waals surface area contributed by atoms with Crippen molar-refractivity contribution in [3.8, 4) is 11.8 Å². The standard InChI is InChI=1S/C11H8F3N3/c1-8-7-9(3-2-6-16-17-15)4-5-10(8)11(12,13)14/h4-5,7H,6H2,1H3. The molecule has 1 rings (SSSR count). The maximum Gasteiger partial charge on any atom is 0.416 e. The van der Waals surface area contributed by atoms with Gasteiger partial charge in [-0.2, -0.15) is 13.2 Å². The van der Waals surface area contributed by atoms with Gasteiger partial charge in [0.2, 0.25) is 0 Å². The van der Waals surface area contributed by atoms with Gasteiger partial charge in [-0.1, -0.05) is 17.0 Å². The predicted octanol–water partition coefficient (Wildman–Crippen LogP) is 3.68.